The third-order valence-corrected chi connectivity index (χ3v) is 1.27. The monoisotopic (exact) mass is 128 g/mol. The number of aromatic nitrogens is 1. The first kappa shape index (κ1) is 5.24. The fraction of sp³-hybridized carbons (Fsp3) is 0. The van der Waals surface area contributed by atoms with E-state index in [1.165, 1.54) is 5.38 Å². The van der Waals surface area contributed by atoms with Crippen molar-refractivity contribution in [1.29, 1.82) is 0 Å². The minimum Gasteiger partial charge on any atom is -0.851 e. The summed E-state index contributed by atoms with van der Waals surface area (Å²) in [5, 5.41) is 11.3. The third-order valence-electron chi connectivity index (χ3n) is 0.622. The van der Waals surface area contributed by atoms with Crippen LogP contribution in [-0.2, 0) is 0 Å². The molecule has 0 saturated carbocycles. The molecule has 42 valence electrons. The van der Waals surface area contributed by atoms with E-state index in [-0.39, 0.29) is 10.9 Å². The van der Waals surface area contributed by atoms with Crippen LogP contribution in [0.25, 0.3) is 0 Å². The number of hydrogen-bond donors (Lipinski definition) is 0. The van der Waals surface area contributed by atoms with Crippen molar-refractivity contribution in [3.63, 3.8) is 0 Å². The second-order valence-corrected chi connectivity index (χ2v) is 1.98. The summed E-state index contributed by atoms with van der Waals surface area (Å²) in [6, 6.07) is 0. The molecule has 1 aromatic heterocycles. The highest BCUT2D eigenvalue weighted by Crippen LogP contribution is 2.09. The Bertz CT molecular complexity index is 196. The molecule has 0 unspecified atom stereocenters. The van der Waals surface area contributed by atoms with E-state index < -0.39 is 0 Å². The van der Waals surface area contributed by atoms with Crippen molar-refractivity contribution >= 4 is 17.6 Å². The molecule has 1 rings (SSSR count). The molecule has 0 aliphatic heterocycles. The Morgan fingerprint density at radius 3 is 2.88 bits per heavy atom. The van der Waals surface area contributed by atoms with Crippen LogP contribution in [-0.4, -0.2) is 11.3 Å². The van der Waals surface area contributed by atoms with Gasteiger partial charge in [-0.2, -0.15) is 0 Å². The molecule has 0 bridgehead atoms. The van der Waals surface area contributed by atoms with E-state index in [4.69, 9.17) is 0 Å². The van der Waals surface area contributed by atoms with Gasteiger partial charge < -0.3 is 5.11 Å². The Morgan fingerprint density at radius 1 is 1.88 bits per heavy atom. The van der Waals surface area contributed by atoms with Crippen molar-refractivity contribution in [3.8, 4) is 5.19 Å². The van der Waals surface area contributed by atoms with Gasteiger partial charge in [0.15, 0.2) is 6.29 Å². The lowest BCUT2D eigenvalue weighted by atomic mass is 10.6. The molecule has 4 heteroatoms. The summed E-state index contributed by atoms with van der Waals surface area (Å²) < 4.78 is 0. The number of carbonyl (C=O) groups excluding carboxylic acids is 1. The highest BCUT2D eigenvalue weighted by Gasteiger charge is 1.88. The Morgan fingerprint density at radius 2 is 2.62 bits per heavy atom. The number of aldehydes is 1. The summed E-state index contributed by atoms with van der Waals surface area (Å²) >= 11 is 0.931. The summed E-state index contributed by atoms with van der Waals surface area (Å²) in [5.41, 5.74) is 0.222. The highest BCUT2D eigenvalue weighted by molar-refractivity contribution is 7.11. The van der Waals surface area contributed by atoms with Gasteiger partial charge in [-0.1, -0.05) is 0 Å². The standard InChI is InChI=1S/C4H3NO2S/c6-1-3-2-8-4(7)5-3/h1-2H,(H,5,7)/p-1. The van der Waals surface area contributed by atoms with E-state index >= 15 is 0 Å². The molecule has 1 heterocycles. The second-order valence-electron chi connectivity index (χ2n) is 1.16. The number of rotatable bonds is 1. The van der Waals surface area contributed by atoms with Crippen LogP contribution in [0.2, 0.25) is 0 Å². The highest BCUT2D eigenvalue weighted by atomic mass is 32.1. The number of carbonyl (C=O) groups is 1. The quantitative estimate of drug-likeness (QED) is 0.501. The van der Waals surface area contributed by atoms with Gasteiger partial charge in [0.1, 0.15) is 5.69 Å². The minimum absolute atomic E-state index is 0.222. The first-order chi connectivity index (χ1) is 3.83. The molecule has 0 amide bonds. The zero-order valence-corrected chi connectivity index (χ0v) is 4.64. The maximum atomic E-state index is 10.2. The molecule has 0 aliphatic carbocycles. The molecule has 0 fully saturated rings. The SMILES string of the molecule is O=Cc1csc([O-])n1. The van der Waals surface area contributed by atoms with Gasteiger partial charge in [-0.25, -0.2) is 4.98 Å². The van der Waals surface area contributed by atoms with Gasteiger partial charge in [-0.15, -0.1) is 11.3 Å². The van der Waals surface area contributed by atoms with Gasteiger partial charge >= 0.3 is 0 Å². The lowest BCUT2D eigenvalue weighted by Gasteiger charge is -1.88. The molecular weight excluding hydrogens is 126 g/mol. The molecule has 8 heavy (non-hydrogen) atoms. The van der Waals surface area contributed by atoms with Crippen LogP contribution in [0.5, 0.6) is 5.19 Å². The maximum absolute atomic E-state index is 10.2. The van der Waals surface area contributed by atoms with Crippen LogP contribution in [0.1, 0.15) is 10.5 Å². The Balaban J connectivity index is 3.00. The van der Waals surface area contributed by atoms with Crippen molar-refractivity contribution in [3.05, 3.63) is 11.1 Å². The van der Waals surface area contributed by atoms with E-state index in [9.17, 15) is 9.90 Å². The van der Waals surface area contributed by atoms with Gasteiger partial charge in [0, 0.05) is 10.6 Å². The molecule has 0 saturated heterocycles. The summed E-state index contributed by atoms with van der Waals surface area (Å²) in [7, 11) is 0. The molecule has 0 spiro atoms. The minimum atomic E-state index is -0.313. The van der Waals surface area contributed by atoms with Gasteiger partial charge in [-0.3, -0.25) is 4.79 Å². The fourth-order valence-corrected chi connectivity index (χ4v) is 0.811. The van der Waals surface area contributed by atoms with Crippen LogP contribution >= 0.6 is 11.3 Å². The van der Waals surface area contributed by atoms with Crippen molar-refractivity contribution in [1.82, 2.24) is 4.98 Å². The number of thiazole rings is 1. The number of nitrogens with zero attached hydrogens (tertiary/aromatic N) is 1. The van der Waals surface area contributed by atoms with Crippen molar-refractivity contribution in [2.24, 2.45) is 0 Å². The van der Waals surface area contributed by atoms with Gasteiger partial charge in [0.05, 0.1) is 0 Å². The fourth-order valence-electron chi connectivity index (χ4n) is 0.323. The molecule has 0 aliphatic rings. The molecule has 1 aromatic rings. The van der Waals surface area contributed by atoms with E-state index in [0.717, 1.165) is 11.3 Å². The van der Waals surface area contributed by atoms with Crippen molar-refractivity contribution in [2.75, 3.05) is 0 Å². The van der Waals surface area contributed by atoms with Crippen LogP contribution in [0, 0.1) is 0 Å². The Hall–Kier alpha value is -0.900. The molecule has 0 aromatic carbocycles. The van der Waals surface area contributed by atoms with E-state index in [1.54, 1.807) is 0 Å². The van der Waals surface area contributed by atoms with Gasteiger partial charge in [0.2, 0.25) is 0 Å². The molecule has 0 atom stereocenters. The second kappa shape index (κ2) is 1.92. The third kappa shape index (κ3) is 0.840. The lowest BCUT2D eigenvalue weighted by molar-refractivity contribution is -0.268. The Kier molecular flexibility index (Phi) is 1.26. The largest absolute Gasteiger partial charge is 0.851 e. The van der Waals surface area contributed by atoms with E-state index in [0.29, 0.717) is 6.29 Å². The van der Waals surface area contributed by atoms with E-state index in [1.807, 2.05) is 0 Å². The van der Waals surface area contributed by atoms with Crippen LogP contribution in [0.15, 0.2) is 5.38 Å². The summed E-state index contributed by atoms with van der Waals surface area (Å²) in [6.45, 7) is 0. The zero-order chi connectivity index (χ0) is 5.98. The Labute approximate surface area is 49.6 Å². The molecule has 3 nitrogen and oxygen atoms in total. The van der Waals surface area contributed by atoms with E-state index in [2.05, 4.69) is 4.98 Å². The molecule has 0 N–H and O–H groups in total. The normalized spacial score (nSPS) is 9.00. The summed E-state index contributed by atoms with van der Waals surface area (Å²) in [6.07, 6.45) is 0.553. The van der Waals surface area contributed by atoms with Gasteiger partial charge in [-0.05, 0) is 0 Å². The average Bonchev–Trinajstić information content (AvgIpc) is 2.14. The lowest BCUT2D eigenvalue weighted by Crippen LogP contribution is -1.87. The average molecular weight is 128 g/mol. The topological polar surface area (TPSA) is 53.0 Å². The van der Waals surface area contributed by atoms with Crippen molar-refractivity contribution in [2.45, 2.75) is 0 Å². The zero-order valence-electron chi connectivity index (χ0n) is 3.83. The number of hydrogen-bond acceptors (Lipinski definition) is 4. The smallest absolute Gasteiger partial charge is 0.169 e. The summed E-state index contributed by atoms with van der Waals surface area (Å²) in [4.78, 5) is 13.1. The van der Waals surface area contributed by atoms with Gasteiger partial charge in [0.25, 0.3) is 0 Å². The molecular formula is C4H2NO2S-. The van der Waals surface area contributed by atoms with Crippen LogP contribution < -0.4 is 5.11 Å². The first-order valence-electron chi connectivity index (χ1n) is 1.90. The predicted molar refractivity (Wildman–Crippen MR) is 26.9 cm³/mol. The van der Waals surface area contributed by atoms with Crippen molar-refractivity contribution < 1.29 is 9.90 Å². The molecule has 0 radical (unpaired) electrons. The van der Waals surface area contributed by atoms with Crippen LogP contribution in [0.3, 0.4) is 0 Å². The predicted octanol–water partition coefficient (Wildman–Crippen LogP) is 0.0292. The summed E-state index contributed by atoms with van der Waals surface area (Å²) in [5.74, 6) is 0. The first-order valence-corrected chi connectivity index (χ1v) is 2.78. The maximum Gasteiger partial charge on any atom is 0.169 e. The van der Waals surface area contributed by atoms with Crippen LogP contribution in [0.4, 0.5) is 0 Å².